The van der Waals surface area contributed by atoms with Gasteiger partial charge in [0, 0.05) is 46.5 Å². The standard InChI is InChI=1S/C22H16N4O6.C20H12N4O6/c1-11-7-15-19(17(8-11)25(29)30)20-16(9-14(24(27)28)10-18(20)26(31)32)22(15)23-21-12(2)5-4-6-13(21)3;1-11-7-14-18(16(8-11)23(27)28)19-15(20(14)21-12-5-3-2-4-6-12)9-13(22(25)26)10-17(19)24(29)30/h4-10H,1-3H3;2-10H,1H3. The number of aryl methyl sites for hydroxylation is 4. The van der Waals surface area contributed by atoms with Crippen molar-refractivity contribution in [2.24, 2.45) is 9.98 Å². The summed E-state index contributed by atoms with van der Waals surface area (Å²) in [7, 11) is 0. The van der Waals surface area contributed by atoms with E-state index >= 15 is 0 Å². The van der Waals surface area contributed by atoms with E-state index in [4.69, 9.17) is 4.99 Å². The molecule has 20 heteroatoms. The minimum Gasteiger partial charge on any atom is -0.258 e. The molecule has 2 aliphatic rings. The van der Waals surface area contributed by atoms with E-state index < -0.39 is 52.3 Å². The van der Waals surface area contributed by atoms with E-state index in [-0.39, 0.29) is 56.2 Å². The lowest BCUT2D eigenvalue weighted by molar-refractivity contribution is -0.394. The van der Waals surface area contributed by atoms with Crippen LogP contribution >= 0.6 is 0 Å². The van der Waals surface area contributed by atoms with Crippen LogP contribution in [-0.2, 0) is 0 Å². The maximum Gasteiger partial charge on any atom is 0.285 e. The second-order valence-electron chi connectivity index (χ2n) is 14.2. The van der Waals surface area contributed by atoms with Crippen LogP contribution < -0.4 is 0 Å². The molecule has 6 aromatic rings. The predicted molar refractivity (Wildman–Crippen MR) is 226 cm³/mol. The molecule has 20 nitrogen and oxygen atoms in total. The third kappa shape index (κ3) is 7.23. The van der Waals surface area contributed by atoms with Gasteiger partial charge in [-0.1, -0.05) is 36.4 Å². The Morgan fingerprint density at radius 1 is 0.387 bits per heavy atom. The van der Waals surface area contributed by atoms with E-state index in [9.17, 15) is 60.7 Å². The molecule has 0 spiro atoms. The number of hydrogen-bond donors (Lipinski definition) is 0. The first-order valence-corrected chi connectivity index (χ1v) is 18.2. The van der Waals surface area contributed by atoms with Crippen LogP contribution in [0, 0.1) is 88.4 Å². The molecule has 0 bridgehead atoms. The zero-order valence-corrected chi connectivity index (χ0v) is 32.7. The van der Waals surface area contributed by atoms with Gasteiger partial charge in [-0.15, -0.1) is 0 Å². The Morgan fingerprint density at radius 2 is 0.742 bits per heavy atom. The van der Waals surface area contributed by atoms with Crippen molar-refractivity contribution in [3.63, 3.8) is 0 Å². The molecule has 0 saturated carbocycles. The predicted octanol–water partition coefficient (Wildman–Crippen LogP) is 10.4. The third-order valence-electron chi connectivity index (χ3n) is 10.1. The first-order chi connectivity index (χ1) is 29.4. The first kappa shape index (κ1) is 41.2. The van der Waals surface area contributed by atoms with Crippen molar-refractivity contribution in [1.29, 1.82) is 0 Å². The lowest BCUT2D eigenvalue weighted by Crippen LogP contribution is -2.02. The molecule has 0 aromatic heterocycles. The highest BCUT2D eigenvalue weighted by Gasteiger charge is 2.41. The van der Waals surface area contributed by atoms with Gasteiger partial charge in [-0.3, -0.25) is 60.7 Å². The van der Waals surface area contributed by atoms with Crippen LogP contribution in [0.3, 0.4) is 0 Å². The SMILES string of the molecule is Cc1cc2c(c([N+](=O)[O-])c1)-c1c(cc([N+](=O)[O-])cc1[N+](=O)[O-])C2=Nc1c(C)cccc1C.Cc1cc2c(c([N+](=O)[O-])c1)-c1c(cc([N+](=O)[O-])cc1[N+](=O)[O-])C2=Nc1ccccc1. The van der Waals surface area contributed by atoms with E-state index in [1.165, 1.54) is 24.3 Å². The van der Waals surface area contributed by atoms with E-state index in [1.807, 2.05) is 32.0 Å². The third-order valence-corrected chi connectivity index (χ3v) is 10.1. The highest BCUT2D eigenvalue weighted by Crippen LogP contribution is 2.51. The van der Waals surface area contributed by atoms with Crippen molar-refractivity contribution < 1.29 is 29.5 Å². The summed E-state index contributed by atoms with van der Waals surface area (Å²) in [6.45, 7) is 7.02. The average molecular weight is 837 g/mol. The van der Waals surface area contributed by atoms with Gasteiger partial charge in [0.15, 0.2) is 0 Å². The van der Waals surface area contributed by atoms with Gasteiger partial charge in [0.1, 0.15) is 0 Å². The maximum absolute atomic E-state index is 11.8. The molecule has 0 aliphatic heterocycles. The van der Waals surface area contributed by atoms with Crippen LogP contribution in [0.4, 0.5) is 45.5 Å². The first-order valence-electron chi connectivity index (χ1n) is 18.2. The molecule has 6 aromatic carbocycles. The summed E-state index contributed by atoms with van der Waals surface area (Å²) in [5.74, 6) is 0. The number of nitrogens with zero attached hydrogens (tertiary/aromatic N) is 8. The number of hydrogen-bond acceptors (Lipinski definition) is 14. The fourth-order valence-electron chi connectivity index (χ4n) is 7.60. The summed E-state index contributed by atoms with van der Waals surface area (Å²) in [6, 6.07) is 24.1. The van der Waals surface area contributed by atoms with Gasteiger partial charge in [0.05, 0.1) is 86.7 Å². The van der Waals surface area contributed by atoms with Gasteiger partial charge >= 0.3 is 0 Å². The Morgan fingerprint density at radius 3 is 1.11 bits per heavy atom. The topological polar surface area (TPSA) is 284 Å². The number of para-hydroxylation sites is 2. The number of nitro benzene ring substituents is 6. The molecule has 0 radical (unpaired) electrons. The van der Waals surface area contributed by atoms with Gasteiger partial charge in [-0.05, 0) is 74.2 Å². The molecular weight excluding hydrogens is 809 g/mol. The van der Waals surface area contributed by atoms with Crippen molar-refractivity contribution in [1.82, 2.24) is 0 Å². The Labute approximate surface area is 348 Å². The Balaban J connectivity index is 0.000000187. The van der Waals surface area contributed by atoms with E-state index in [1.54, 1.807) is 56.3 Å². The molecule has 2 aliphatic carbocycles. The van der Waals surface area contributed by atoms with Crippen molar-refractivity contribution >= 4 is 56.9 Å². The summed E-state index contributed by atoms with van der Waals surface area (Å²) in [6.07, 6.45) is 0. The summed E-state index contributed by atoms with van der Waals surface area (Å²) in [5, 5.41) is 70.0. The fourth-order valence-corrected chi connectivity index (χ4v) is 7.60. The number of benzene rings is 6. The van der Waals surface area contributed by atoms with E-state index in [0.717, 1.165) is 23.3 Å². The van der Waals surface area contributed by atoms with E-state index in [0.29, 0.717) is 33.6 Å². The second-order valence-corrected chi connectivity index (χ2v) is 14.2. The van der Waals surface area contributed by atoms with Crippen molar-refractivity contribution in [3.8, 4) is 22.3 Å². The highest BCUT2D eigenvalue weighted by molar-refractivity contribution is 6.29. The summed E-state index contributed by atoms with van der Waals surface area (Å²) < 4.78 is 0. The summed E-state index contributed by atoms with van der Waals surface area (Å²) >= 11 is 0. The minimum atomic E-state index is -0.773. The number of non-ortho nitro benzene ring substituents is 2. The molecule has 62 heavy (non-hydrogen) atoms. The van der Waals surface area contributed by atoms with Crippen molar-refractivity contribution in [2.75, 3.05) is 0 Å². The number of rotatable bonds is 8. The van der Waals surface area contributed by atoms with Crippen LogP contribution in [0.5, 0.6) is 0 Å². The average Bonchev–Trinajstić information content (AvgIpc) is 3.69. The molecule has 0 atom stereocenters. The zero-order chi connectivity index (χ0) is 44.9. The molecule has 308 valence electrons. The van der Waals surface area contributed by atoms with Crippen molar-refractivity contribution in [3.05, 3.63) is 202 Å². The Kier molecular flexibility index (Phi) is 10.4. The summed E-state index contributed by atoms with van der Waals surface area (Å²) in [5.41, 5.74) is 2.46. The smallest absolute Gasteiger partial charge is 0.258 e. The lowest BCUT2D eigenvalue weighted by atomic mass is 10.00. The quantitative estimate of drug-likeness (QED) is 0.102. The maximum atomic E-state index is 11.8. The largest absolute Gasteiger partial charge is 0.285 e. The van der Waals surface area contributed by atoms with Gasteiger partial charge < -0.3 is 0 Å². The zero-order valence-electron chi connectivity index (χ0n) is 32.7. The molecule has 0 unspecified atom stereocenters. The normalized spacial score (nSPS) is 13.0. The molecule has 0 N–H and O–H groups in total. The van der Waals surface area contributed by atoms with Crippen LogP contribution in [-0.4, -0.2) is 41.0 Å². The lowest BCUT2D eigenvalue weighted by Gasteiger charge is -2.08. The van der Waals surface area contributed by atoms with Crippen molar-refractivity contribution in [2.45, 2.75) is 27.7 Å². The Hall–Kier alpha value is -8.94. The Bertz CT molecular complexity index is 3070. The number of fused-ring (bicyclic) bond motifs is 6. The minimum absolute atomic E-state index is 0.0349. The molecular formula is C42H28N8O12. The second kappa shape index (κ2) is 15.7. The van der Waals surface area contributed by atoms with E-state index in [2.05, 4.69) is 4.99 Å². The van der Waals surface area contributed by atoms with Gasteiger partial charge in [-0.2, -0.15) is 0 Å². The molecule has 0 saturated heterocycles. The van der Waals surface area contributed by atoms with Crippen LogP contribution in [0.1, 0.15) is 44.5 Å². The highest BCUT2D eigenvalue weighted by atomic mass is 16.6. The molecule has 0 amide bonds. The number of nitro groups is 6. The summed E-state index contributed by atoms with van der Waals surface area (Å²) in [4.78, 5) is 75.0. The molecule has 0 heterocycles. The van der Waals surface area contributed by atoms with Crippen LogP contribution in [0.2, 0.25) is 0 Å². The fraction of sp³-hybridized carbons (Fsp3) is 0.0952. The number of aliphatic imine (C=N–C) groups is 2. The molecule has 8 rings (SSSR count). The van der Waals surface area contributed by atoms with Crippen LogP contribution in [0.15, 0.2) is 107 Å². The van der Waals surface area contributed by atoms with Gasteiger partial charge in [-0.25, -0.2) is 9.98 Å². The van der Waals surface area contributed by atoms with Gasteiger partial charge in [0.2, 0.25) is 0 Å². The molecule has 0 fully saturated rings. The monoisotopic (exact) mass is 836 g/mol. The van der Waals surface area contributed by atoms with Crippen LogP contribution in [0.25, 0.3) is 22.3 Å². The van der Waals surface area contributed by atoms with Gasteiger partial charge in [0.25, 0.3) is 34.1 Å².